The topological polar surface area (TPSA) is 70.1 Å². The van der Waals surface area contributed by atoms with Crippen molar-refractivity contribution in [2.75, 3.05) is 39.3 Å². The Hall–Kier alpha value is -2.27. The van der Waals surface area contributed by atoms with E-state index in [1.807, 2.05) is 0 Å². The number of halogens is 5. The summed E-state index contributed by atoms with van der Waals surface area (Å²) in [7, 11) is 0. The zero-order valence-electron chi connectivity index (χ0n) is 17.3. The first-order valence-electron chi connectivity index (χ1n) is 10.4. The quantitative estimate of drug-likeness (QED) is 0.696. The maximum absolute atomic E-state index is 13.4. The minimum atomic E-state index is -5.08. The third-order valence-corrected chi connectivity index (χ3v) is 6.02. The molecule has 1 aromatic carbocycles. The van der Waals surface area contributed by atoms with Crippen LogP contribution in [0.25, 0.3) is 0 Å². The van der Waals surface area contributed by atoms with E-state index in [9.17, 15) is 26.7 Å². The molecule has 3 heterocycles. The predicted octanol–water partition coefficient (Wildman–Crippen LogP) is 3.17. The number of fused-ring (bicyclic) bond motifs is 1. The fourth-order valence-corrected chi connectivity index (χ4v) is 4.49. The number of carbonyl (C=O) groups excluding carboxylic acids is 1. The number of aliphatic carboxylic acids is 1. The SMILES string of the molecule is O=C(O)C(F)(F)F.O=C(c1cc(F)cc(F)c1)N1C[C@@H]2[C@H](CN3CCCCC3)CO[C@@H]2C1. The van der Waals surface area contributed by atoms with Crippen LogP contribution in [0.5, 0.6) is 0 Å². The van der Waals surface area contributed by atoms with Crippen molar-refractivity contribution >= 4 is 11.9 Å². The van der Waals surface area contributed by atoms with Gasteiger partial charge >= 0.3 is 12.1 Å². The fourth-order valence-electron chi connectivity index (χ4n) is 4.49. The number of rotatable bonds is 3. The van der Waals surface area contributed by atoms with Crippen LogP contribution in [0.4, 0.5) is 22.0 Å². The number of hydrogen-bond donors (Lipinski definition) is 1. The van der Waals surface area contributed by atoms with Gasteiger partial charge in [0, 0.05) is 43.1 Å². The van der Waals surface area contributed by atoms with Crippen molar-refractivity contribution in [1.29, 1.82) is 0 Å². The van der Waals surface area contributed by atoms with Crippen LogP contribution in [0.15, 0.2) is 18.2 Å². The van der Waals surface area contributed by atoms with Crippen LogP contribution in [0.3, 0.4) is 0 Å². The van der Waals surface area contributed by atoms with Gasteiger partial charge in [-0.05, 0) is 38.1 Å². The highest BCUT2D eigenvalue weighted by Crippen LogP contribution is 2.35. The highest BCUT2D eigenvalue weighted by molar-refractivity contribution is 5.94. The van der Waals surface area contributed by atoms with E-state index in [4.69, 9.17) is 14.6 Å². The summed E-state index contributed by atoms with van der Waals surface area (Å²) in [4.78, 5) is 25.7. The molecule has 3 aliphatic heterocycles. The Morgan fingerprint density at radius 1 is 1.03 bits per heavy atom. The standard InChI is InChI=1S/C19H24F2N2O2.C2HF3O2/c20-15-6-13(7-16(21)8-15)19(24)23-10-17-14(12-25-18(17)11-23)9-22-4-2-1-3-5-22;3-2(4,5)1(6)7/h6-8,14,17-18H,1-5,9-12H2;(H,6,7)/t14-,17-,18-;/m1./s1. The molecule has 11 heteroatoms. The van der Waals surface area contributed by atoms with Gasteiger partial charge in [0.05, 0.1) is 12.7 Å². The highest BCUT2D eigenvalue weighted by Gasteiger charge is 2.45. The van der Waals surface area contributed by atoms with Crippen LogP contribution in [0.2, 0.25) is 0 Å². The van der Waals surface area contributed by atoms with E-state index in [2.05, 4.69) is 4.90 Å². The first kappa shape index (κ1) is 24.4. The van der Waals surface area contributed by atoms with Gasteiger partial charge in [0.15, 0.2) is 0 Å². The Morgan fingerprint density at radius 3 is 2.19 bits per heavy atom. The third-order valence-electron chi connectivity index (χ3n) is 6.02. The average molecular weight is 464 g/mol. The smallest absolute Gasteiger partial charge is 0.475 e. The van der Waals surface area contributed by atoms with Gasteiger partial charge in [-0.25, -0.2) is 13.6 Å². The van der Waals surface area contributed by atoms with Crippen LogP contribution in [0.1, 0.15) is 29.6 Å². The van der Waals surface area contributed by atoms with Crippen LogP contribution in [-0.2, 0) is 9.53 Å². The molecule has 3 atom stereocenters. The van der Waals surface area contributed by atoms with Crippen LogP contribution < -0.4 is 0 Å². The van der Waals surface area contributed by atoms with E-state index in [0.717, 1.165) is 44.4 Å². The second kappa shape index (κ2) is 10.1. The van der Waals surface area contributed by atoms with Crippen LogP contribution >= 0.6 is 0 Å². The van der Waals surface area contributed by atoms with Crippen molar-refractivity contribution in [2.45, 2.75) is 31.5 Å². The van der Waals surface area contributed by atoms with Crippen molar-refractivity contribution in [2.24, 2.45) is 11.8 Å². The second-order valence-electron chi connectivity index (χ2n) is 8.33. The number of carbonyl (C=O) groups is 2. The summed E-state index contributed by atoms with van der Waals surface area (Å²) < 4.78 is 64.4. The van der Waals surface area contributed by atoms with E-state index >= 15 is 0 Å². The Labute approximate surface area is 181 Å². The van der Waals surface area contributed by atoms with Gasteiger partial charge in [0.1, 0.15) is 11.6 Å². The maximum Gasteiger partial charge on any atom is 0.490 e. The number of ether oxygens (including phenoxy) is 1. The van der Waals surface area contributed by atoms with E-state index in [1.165, 1.54) is 19.3 Å². The molecule has 0 unspecified atom stereocenters. The van der Waals surface area contributed by atoms with Gasteiger partial charge in [0.25, 0.3) is 5.91 Å². The number of piperidine rings is 1. The lowest BCUT2D eigenvalue weighted by Gasteiger charge is -2.30. The van der Waals surface area contributed by atoms with Gasteiger partial charge in [0.2, 0.25) is 0 Å². The number of nitrogens with zero attached hydrogens (tertiary/aromatic N) is 2. The highest BCUT2D eigenvalue weighted by atomic mass is 19.4. The fraction of sp³-hybridized carbons (Fsp3) is 0.619. The molecular weight excluding hydrogens is 439 g/mol. The molecule has 178 valence electrons. The Balaban J connectivity index is 0.000000360. The van der Waals surface area contributed by atoms with Crippen LogP contribution in [-0.4, -0.2) is 78.4 Å². The molecule has 1 amide bonds. The zero-order valence-corrected chi connectivity index (χ0v) is 17.3. The maximum atomic E-state index is 13.4. The normalized spacial score (nSPS) is 25.8. The molecule has 0 saturated carbocycles. The Bertz CT molecular complexity index is 809. The molecule has 0 bridgehead atoms. The van der Waals surface area contributed by atoms with Crippen molar-refractivity contribution in [3.05, 3.63) is 35.4 Å². The molecule has 32 heavy (non-hydrogen) atoms. The summed E-state index contributed by atoms with van der Waals surface area (Å²) in [5.74, 6) is -3.75. The molecule has 1 N–H and O–H groups in total. The minimum absolute atomic E-state index is 0.0529. The number of carboxylic acids is 1. The summed E-state index contributed by atoms with van der Waals surface area (Å²) >= 11 is 0. The molecule has 4 rings (SSSR count). The van der Waals surface area contributed by atoms with Gasteiger partial charge in [-0.1, -0.05) is 6.42 Å². The number of carboxylic acid groups (broad SMARTS) is 1. The lowest BCUT2D eigenvalue weighted by Crippen LogP contribution is -2.38. The molecule has 0 radical (unpaired) electrons. The lowest BCUT2D eigenvalue weighted by atomic mass is 9.92. The largest absolute Gasteiger partial charge is 0.490 e. The van der Waals surface area contributed by atoms with E-state index in [-0.39, 0.29) is 17.6 Å². The summed E-state index contributed by atoms with van der Waals surface area (Å²) in [5, 5.41) is 7.12. The molecule has 0 aromatic heterocycles. The summed E-state index contributed by atoms with van der Waals surface area (Å²) in [6.07, 6.45) is -1.19. The van der Waals surface area contributed by atoms with Crippen molar-refractivity contribution < 1.29 is 41.4 Å². The minimum Gasteiger partial charge on any atom is -0.475 e. The van der Waals surface area contributed by atoms with E-state index < -0.39 is 23.8 Å². The summed E-state index contributed by atoms with van der Waals surface area (Å²) in [5.41, 5.74) is 0.0741. The summed E-state index contributed by atoms with van der Waals surface area (Å²) in [6.45, 7) is 5.21. The number of benzene rings is 1. The third kappa shape index (κ3) is 6.16. The van der Waals surface area contributed by atoms with Gasteiger partial charge in [-0.3, -0.25) is 4.79 Å². The van der Waals surface area contributed by atoms with E-state index in [1.54, 1.807) is 4.90 Å². The van der Waals surface area contributed by atoms with Gasteiger partial charge in [-0.15, -0.1) is 0 Å². The molecule has 3 fully saturated rings. The first-order valence-corrected chi connectivity index (χ1v) is 10.4. The average Bonchev–Trinajstić information content (AvgIpc) is 3.29. The first-order chi connectivity index (χ1) is 15.0. The Morgan fingerprint density at radius 2 is 1.62 bits per heavy atom. The Kier molecular flexibility index (Phi) is 7.71. The molecule has 3 saturated heterocycles. The van der Waals surface area contributed by atoms with Crippen molar-refractivity contribution in [3.63, 3.8) is 0 Å². The molecule has 1 aromatic rings. The van der Waals surface area contributed by atoms with E-state index in [0.29, 0.717) is 24.9 Å². The van der Waals surface area contributed by atoms with Gasteiger partial charge < -0.3 is 19.6 Å². The van der Waals surface area contributed by atoms with Gasteiger partial charge in [-0.2, -0.15) is 13.2 Å². The molecular formula is C21H25F5N2O4. The van der Waals surface area contributed by atoms with Crippen LogP contribution in [0, 0.1) is 23.5 Å². The molecule has 0 spiro atoms. The molecule has 6 nitrogen and oxygen atoms in total. The molecule has 0 aliphatic carbocycles. The second-order valence-corrected chi connectivity index (χ2v) is 8.33. The zero-order chi connectivity index (χ0) is 23.5. The number of hydrogen-bond acceptors (Lipinski definition) is 4. The summed E-state index contributed by atoms with van der Waals surface area (Å²) in [6, 6.07) is 2.99. The monoisotopic (exact) mass is 464 g/mol. The lowest BCUT2D eigenvalue weighted by molar-refractivity contribution is -0.192. The molecule has 3 aliphatic rings. The number of alkyl halides is 3. The predicted molar refractivity (Wildman–Crippen MR) is 103 cm³/mol. The van der Waals surface area contributed by atoms with Crippen molar-refractivity contribution in [3.8, 4) is 0 Å². The number of amides is 1. The number of likely N-dealkylation sites (tertiary alicyclic amines) is 2. The van der Waals surface area contributed by atoms with Crippen molar-refractivity contribution in [1.82, 2.24) is 9.80 Å².